The molecule has 2 unspecified atom stereocenters. The van der Waals surface area contributed by atoms with Crippen molar-refractivity contribution in [2.45, 2.75) is 64.8 Å². The topological polar surface area (TPSA) is 23.6 Å². The van der Waals surface area contributed by atoms with Crippen molar-refractivity contribution in [3.63, 3.8) is 0 Å². The molecule has 5 rings (SSSR count). The molecule has 1 saturated heterocycles. The Hall–Kier alpha value is -1.61. The second-order valence-electron chi connectivity index (χ2n) is 10.9. The van der Waals surface area contributed by atoms with Gasteiger partial charge in [0.25, 0.3) is 0 Å². The average molecular weight is 393 g/mol. The van der Waals surface area contributed by atoms with E-state index in [1.165, 1.54) is 49.8 Å². The van der Waals surface area contributed by atoms with Crippen molar-refractivity contribution in [2.24, 2.45) is 17.3 Å². The van der Waals surface area contributed by atoms with Crippen molar-refractivity contribution in [1.82, 2.24) is 9.80 Å². The van der Waals surface area contributed by atoms with E-state index in [0.29, 0.717) is 5.41 Å². The van der Waals surface area contributed by atoms with Gasteiger partial charge in [-0.05, 0) is 73.6 Å². The van der Waals surface area contributed by atoms with Gasteiger partial charge in [0.1, 0.15) is 0 Å². The number of carbonyl (C=O) groups is 1. The van der Waals surface area contributed by atoms with E-state index in [-0.39, 0.29) is 11.3 Å². The summed E-state index contributed by atoms with van der Waals surface area (Å²) in [5.41, 5.74) is 5.22. The van der Waals surface area contributed by atoms with Crippen LogP contribution in [0, 0.1) is 17.3 Å². The molecule has 29 heavy (non-hydrogen) atoms. The second-order valence-corrected chi connectivity index (χ2v) is 10.9. The van der Waals surface area contributed by atoms with Crippen LogP contribution >= 0.6 is 0 Å². The molecule has 3 heteroatoms. The number of rotatable bonds is 2. The Morgan fingerprint density at radius 2 is 1.90 bits per heavy atom. The van der Waals surface area contributed by atoms with Gasteiger partial charge in [0, 0.05) is 32.0 Å². The quantitative estimate of drug-likeness (QED) is 0.677. The Labute approximate surface area is 176 Å². The van der Waals surface area contributed by atoms with E-state index in [1.54, 1.807) is 12.5 Å². The Morgan fingerprint density at radius 1 is 1.14 bits per heavy atom. The summed E-state index contributed by atoms with van der Waals surface area (Å²) in [4.78, 5) is 17.0. The standard InChI is InChI=1S/C26H36N2O/c1-19(29)28-17-21-6-4-5-7-23(21)26(18-28)12-14-27(15-13-26)16-22-9-8-20-10-11-25(2,3)24(20)22/h4-7,9,20,24H,8,10-18H2,1-3H3. The highest BCUT2D eigenvalue weighted by atomic mass is 16.2. The lowest BCUT2D eigenvalue weighted by atomic mass is 9.68. The summed E-state index contributed by atoms with van der Waals surface area (Å²) in [6.45, 7) is 11.8. The monoisotopic (exact) mass is 392 g/mol. The molecule has 0 aromatic heterocycles. The van der Waals surface area contributed by atoms with Crippen LogP contribution in [-0.2, 0) is 16.8 Å². The maximum Gasteiger partial charge on any atom is 0.219 e. The van der Waals surface area contributed by atoms with Crippen molar-refractivity contribution < 1.29 is 4.79 Å². The van der Waals surface area contributed by atoms with Crippen molar-refractivity contribution >= 4 is 5.91 Å². The maximum absolute atomic E-state index is 12.2. The lowest BCUT2D eigenvalue weighted by Crippen LogP contribution is -2.53. The van der Waals surface area contributed by atoms with E-state index in [1.807, 2.05) is 0 Å². The fourth-order valence-electron chi connectivity index (χ4n) is 7.10. The molecule has 2 aliphatic carbocycles. The van der Waals surface area contributed by atoms with E-state index < -0.39 is 0 Å². The molecule has 2 atom stereocenters. The van der Waals surface area contributed by atoms with Gasteiger partial charge >= 0.3 is 0 Å². The zero-order valence-electron chi connectivity index (χ0n) is 18.4. The van der Waals surface area contributed by atoms with E-state index in [9.17, 15) is 4.79 Å². The van der Waals surface area contributed by atoms with E-state index in [0.717, 1.165) is 38.0 Å². The van der Waals surface area contributed by atoms with Crippen LogP contribution in [-0.4, -0.2) is 41.9 Å². The third kappa shape index (κ3) is 3.26. The van der Waals surface area contributed by atoms with Crippen molar-refractivity contribution in [1.29, 1.82) is 0 Å². The molecule has 1 aromatic rings. The van der Waals surface area contributed by atoms with Gasteiger partial charge in [0.2, 0.25) is 5.91 Å². The molecule has 1 saturated carbocycles. The SMILES string of the molecule is CC(=O)N1Cc2ccccc2C2(CCN(CC3=CCC4CCC(C)(C)C34)CC2)C1. The smallest absolute Gasteiger partial charge is 0.219 e. The van der Waals surface area contributed by atoms with Crippen LogP contribution in [0.2, 0.25) is 0 Å². The fourth-order valence-corrected chi connectivity index (χ4v) is 7.10. The van der Waals surface area contributed by atoms with Crippen LogP contribution in [0.4, 0.5) is 0 Å². The lowest BCUT2D eigenvalue weighted by Gasteiger charge is -2.49. The molecule has 0 bridgehead atoms. The first-order valence-corrected chi connectivity index (χ1v) is 11.6. The third-order valence-corrected chi connectivity index (χ3v) is 8.66. The summed E-state index contributed by atoms with van der Waals surface area (Å²) in [5.74, 6) is 1.93. The van der Waals surface area contributed by atoms with Gasteiger partial charge in [-0.1, -0.05) is 49.8 Å². The zero-order chi connectivity index (χ0) is 20.2. The minimum Gasteiger partial charge on any atom is -0.338 e. The number of likely N-dealkylation sites (tertiary alicyclic amines) is 1. The number of hydrogen-bond acceptors (Lipinski definition) is 2. The molecule has 2 fully saturated rings. The van der Waals surface area contributed by atoms with Gasteiger partial charge in [0.05, 0.1) is 0 Å². The normalized spacial score (nSPS) is 30.2. The summed E-state index contributed by atoms with van der Waals surface area (Å²) >= 11 is 0. The minimum atomic E-state index is 0.149. The van der Waals surface area contributed by atoms with Gasteiger partial charge in [-0.15, -0.1) is 0 Å². The van der Waals surface area contributed by atoms with E-state index >= 15 is 0 Å². The first kappa shape index (κ1) is 19.4. The predicted octanol–water partition coefficient (Wildman–Crippen LogP) is 4.76. The van der Waals surface area contributed by atoms with Crippen LogP contribution in [0.15, 0.2) is 35.9 Å². The molecule has 1 spiro atoms. The number of allylic oxidation sites excluding steroid dienone is 1. The van der Waals surface area contributed by atoms with Crippen LogP contribution in [0.1, 0.15) is 64.0 Å². The summed E-state index contributed by atoms with van der Waals surface area (Å²) in [7, 11) is 0. The van der Waals surface area contributed by atoms with Gasteiger partial charge in [-0.2, -0.15) is 0 Å². The number of carbonyl (C=O) groups excluding carboxylic acids is 1. The largest absolute Gasteiger partial charge is 0.338 e. The highest BCUT2D eigenvalue weighted by molar-refractivity contribution is 5.74. The van der Waals surface area contributed by atoms with E-state index in [2.05, 4.69) is 54.0 Å². The molecule has 3 nitrogen and oxygen atoms in total. The molecule has 1 amide bonds. The Kier molecular flexibility index (Phi) is 4.66. The Balaban J connectivity index is 1.31. The number of nitrogens with zero attached hydrogens (tertiary/aromatic N) is 2. The summed E-state index contributed by atoms with van der Waals surface area (Å²) in [6.07, 6.45) is 9.02. The highest BCUT2D eigenvalue weighted by Gasteiger charge is 2.47. The summed E-state index contributed by atoms with van der Waals surface area (Å²) in [6, 6.07) is 8.86. The zero-order valence-corrected chi connectivity index (χ0v) is 18.4. The van der Waals surface area contributed by atoms with Gasteiger partial charge in [0.15, 0.2) is 0 Å². The molecule has 1 aromatic carbocycles. The summed E-state index contributed by atoms with van der Waals surface area (Å²) in [5, 5.41) is 0. The maximum atomic E-state index is 12.2. The van der Waals surface area contributed by atoms with Crippen molar-refractivity contribution in [3.05, 3.63) is 47.0 Å². The van der Waals surface area contributed by atoms with Crippen molar-refractivity contribution in [3.8, 4) is 0 Å². The molecular formula is C26H36N2O. The van der Waals surface area contributed by atoms with Gasteiger partial charge < -0.3 is 4.90 Å². The molecular weight excluding hydrogens is 356 g/mol. The number of hydrogen-bond donors (Lipinski definition) is 0. The van der Waals surface area contributed by atoms with Gasteiger partial charge in [-0.3, -0.25) is 9.69 Å². The Bertz CT molecular complexity index is 831. The van der Waals surface area contributed by atoms with Crippen LogP contribution in [0.3, 0.4) is 0 Å². The number of amides is 1. The average Bonchev–Trinajstić information content (AvgIpc) is 3.25. The number of piperidine rings is 1. The lowest BCUT2D eigenvalue weighted by molar-refractivity contribution is -0.131. The van der Waals surface area contributed by atoms with Crippen LogP contribution < -0.4 is 0 Å². The molecule has 4 aliphatic rings. The van der Waals surface area contributed by atoms with Crippen LogP contribution in [0.25, 0.3) is 0 Å². The first-order valence-electron chi connectivity index (χ1n) is 11.6. The molecule has 0 radical (unpaired) electrons. The molecule has 156 valence electrons. The van der Waals surface area contributed by atoms with E-state index in [4.69, 9.17) is 0 Å². The molecule has 2 heterocycles. The molecule has 0 N–H and O–H groups in total. The third-order valence-electron chi connectivity index (χ3n) is 8.66. The minimum absolute atomic E-state index is 0.149. The molecule has 2 aliphatic heterocycles. The predicted molar refractivity (Wildman–Crippen MR) is 118 cm³/mol. The van der Waals surface area contributed by atoms with Crippen LogP contribution in [0.5, 0.6) is 0 Å². The van der Waals surface area contributed by atoms with Crippen molar-refractivity contribution in [2.75, 3.05) is 26.2 Å². The first-order chi connectivity index (χ1) is 13.9. The highest BCUT2D eigenvalue weighted by Crippen LogP contribution is 2.55. The summed E-state index contributed by atoms with van der Waals surface area (Å²) < 4.78 is 0. The number of benzene rings is 1. The number of fused-ring (bicyclic) bond motifs is 3. The second kappa shape index (κ2) is 6.97. The Morgan fingerprint density at radius 3 is 2.66 bits per heavy atom. The van der Waals surface area contributed by atoms with Gasteiger partial charge in [-0.25, -0.2) is 0 Å². The fraction of sp³-hybridized carbons (Fsp3) is 0.654.